The molecule has 0 spiro atoms. The third-order valence-corrected chi connectivity index (χ3v) is 5.43. The molecule has 2 unspecified atom stereocenters. The second kappa shape index (κ2) is 6.77. The maximum Gasteiger partial charge on any atom is 0.308 e. The van der Waals surface area contributed by atoms with Crippen LogP contribution in [-0.4, -0.2) is 35.0 Å². The van der Waals surface area contributed by atoms with Gasteiger partial charge in [0.1, 0.15) is 0 Å². The van der Waals surface area contributed by atoms with Gasteiger partial charge in [-0.1, -0.05) is 52.3 Å². The lowest BCUT2D eigenvalue weighted by Crippen LogP contribution is -2.29. The van der Waals surface area contributed by atoms with Crippen molar-refractivity contribution in [3.63, 3.8) is 0 Å². The summed E-state index contributed by atoms with van der Waals surface area (Å²) >= 11 is 3.44. The summed E-state index contributed by atoms with van der Waals surface area (Å²) in [4.78, 5) is 26.1. The lowest BCUT2D eigenvalue weighted by molar-refractivity contribution is -0.141. The Bertz CT molecular complexity index is 775. The maximum atomic E-state index is 12.8. The van der Waals surface area contributed by atoms with Gasteiger partial charge in [0, 0.05) is 29.0 Å². The average molecular weight is 388 g/mol. The second-order valence-corrected chi connectivity index (χ2v) is 6.99. The van der Waals surface area contributed by atoms with E-state index in [4.69, 9.17) is 0 Å². The second-order valence-electron chi connectivity index (χ2n) is 6.14. The Morgan fingerprint density at radius 1 is 1.12 bits per heavy atom. The SMILES string of the molecule is Cc1ccc(C(=O)N2CC(C(=O)O)C(c3ccccc3)C2)cc1Br. The number of carboxylic acid groups (broad SMARTS) is 1. The first-order chi connectivity index (χ1) is 11.5. The zero-order valence-electron chi connectivity index (χ0n) is 13.3. The number of rotatable bonds is 3. The van der Waals surface area contributed by atoms with Crippen LogP contribution >= 0.6 is 15.9 Å². The van der Waals surface area contributed by atoms with Gasteiger partial charge in [0.25, 0.3) is 5.91 Å². The predicted molar refractivity (Wildman–Crippen MR) is 95.1 cm³/mol. The monoisotopic (exact) mass is 387 g/mol. The maximum absolute atomic E-state index is 12.8. The molecule has 1 fully saturated rings. The summed E-state index contributed by atoms with van der Waals surface area (Å²) in [6.45, 7) is 2.62. The van der Waals surface area contributed by atoms with Gasteiger partial charge < -0.3 is 10.0 Å². The molecule has 24 heavy (non-hydrogen) atoms. The zero-order valence-corrected chi connectivity index (χ0v) is 14.9. The van der Waals surface area contributed by atoms with Crippen molar-refractivity contribution in [3.8, 4) is 0 Å². The molecule has 2 atom stereocenters. The summed E-state index contributed by atoms with van der Waals surface area (Å²) in [6.07, 6.45) is 0. The fourth-order valence-electron chi connectivity index (χ4n) is 3.17. The molecular weight excluding hydrogens is 370 g/mol. The van der Waals surface area contributed by atoms with Gasteiger partial charge in [-0.05, 0) is 30.2 Å². The number of carboxylic acids is 1. The fraction of sp³-hybridized carbons (Fsp3) is 0.263. The Morgan fingerprint density at radius 3 is 2.46 bits per heavy atom. The van der Waals surface area contributed by atoms with Gasteiger partial charge in [-0.15, -0.1) is 0 Å². The Balaban J connectivity index is 1.86. The van der Waals surface area contributed by atoms with Crippen LogP contribution in [0.5, 0.6) is 0 Å². The lowest BCUT2D eigenvalue weighted by atomic mass is 9.89. The number of nitrogens with zero attached hydrogens (tertiary/aromatic N) is 1. The number of carbonyl (C=O) groups excluding carboxylic acids is 1. The molecule has 2 aromatic rings. The highest BCUT2D eigenvalue weighted by atomic mass is 79.9. The molecular formula is C19H18BrNO3. The molecule has 0 saturated carbocycles. The molecule has 1 heterocycles. The Hall–Kier alpha value is -2.14. The van der Waals surface area contributed by atoms with E-state index in [9.17, 15) is 14.7 Å². The van der Waals surface area contributed by atoms with Gasteiger partial charge in [-0.3, -0.25) is 9.59 Å². The molecule has 124 valence electrons. The molecule has 1 amide bonds. The molecule has 1 aliphatic rings. The van der Waals surface area contributed by atoms with E-state index < -0.39 is 11.9 Å². The molecule has 4 nitrogen and oxygen atoms in total. The van der Waals surface area contributed by atoms with Crippen LogP contribution in [-0.2, 0) is 4.79 Å². The van der Waals surface area contributed by atoms with Crippen molar-refractivity contribution in [2.24, 2.45) is 5.92 Å². The number of likely N-dealkylation sites (tertiary alicyclic amines) is 1. The smallest absolute Gasteiger partial charge is 0.308 e. The van der Waals surface area contributed by atoms with Gasteiger partial charge in [0.2, 0.25) is 0 Å². The van der Waals surface area contributed by atoms with Crippen LogP contribution in [0.15, 0.2) is 53.0 Å². The van der Waals surface area contributed by atoms with E-state index in [1.165, 1.54) is 0 Å². The van der Waals surface area contributed by atoms with Crippen molar-refractivity contribution in [3.05, 3.63) is 69.7 Å². The van der Waals surface area contributed by atoms with Crippen LogP contribution in [0, 0.1) is 12.8 Å². The topological polar surface area (TPSA) is 57.6 Å². The quantitative estimate of drug-likeness (QED) is 0.873. The van der Waals surface area contributed by atoms with Crippen LogP contribution < -0.4 is 0 Å². The highest BCUT2D eigenvalue weighted by Crippen LogP contribution is 2.34. The Labute approximate surface area is 149 Å². The molecule has 0 bridgehead atoms. The summed E-state index contributed by atoms with van der Waals surface area (Å²) in [7, 11) is 0. The molecule has 3 rings (SSSR count). The largest absolute Gasteiger partial charge is 0.481 e. The molecule has 1 aliphatic heterocycles. The van der Waals surface area contributed by atoms with Gasteiger partial charge in [0.15, 0.2) is 0 Å². The minimum atomic E-state index is -0.857. The lowest BCUT2D eigenvalue weighted by Gasteiger charge is -2.17. The van der Waals surface area contributed by atoms with E-state index in [1.807, 2.05) is 43.3 Å². The van der Waals surface area contributed by atoms with Crippen LogP contribution in [0.4, 0.5) is 0 Å². The van der Waals surface area contributed by atoms with Crippen LogP contribution in [0.1, 0.15) is 27.4 Å². The summed E-state index contributed by atoms with van der Waals surface area (Å²) in [5, 5.41) is 9.55. The first-order valence-electron chi connectivity index (χ1n) is 7.80. The summed E-state index contributed by atoms with van der Waals surface area (Å²) in [5.74, 6) is -1.74. The molecule has 0 aliphatic carbocycles. The highest BCUT2D eigenvalue weighted by molar-refractivity contribution is 9.10. The summed E-state index contributed by atoms with van der Waals surface area (Å²) < 4.78 is 0.877. The number of aliphatic carboxylic acids is 1. The Kier molecular flexibility index (Phi) is 4.71. The molecule has 1 saturated heterocycles. The first kappa shape index (κ1) is 16.7. The van der Waals surface area contributed by atoms with Gasteiger partial charge in [-0.25, -0.2) is 0 Å². The van der Waals surface area contributed by atoms with Crippen molar-refractivity contribution < 1.29 is 14.7 Å². The van der Waals surface area contributed by atoms with Crippen molar-refractivity contribution in [2.45, 2.75) is 12.8 Å². The number of amides is 1. The summed E-state index contributed by atoms with van der Waals surface area (Å²) in [6, 6.07) is 15.0. The molecule has 0 aromatic heterocycles. The van der Waals surface area contributed by atoms with E-state index >= 15 is 0 Å². The van der Waals surface area contributed by atoms with Gasteiger partial charge >= 0.3 is 5.97 Å². The third kappa shape index (κ3) is 3.22. The Morgan fingerprint density at radius 2 is 1.83 bits per heavy atom. The van der Waals surface area contributed by atoms with E-state index in [1.54, 1.807) is 17.0 Å². The molecule has 2 aromatic carbocycles. The molecule has 0 radical (unpaired) electrons. The number of benzene rings is 2. The third-order valence-electron chi connectivity index (χ3n) is 4.57. The minimum absolute atomic E-state index is 0.125. The zero-order chi connectivity index (χ0) is 17.3. The predicted octanol–water partition coefficient (Wildman–Crippen LogP) is 3.70. The standard InChI is InChI=1S/C19H18BrNO3/c1-12-7-8-14(9-17(12)20)18(22)21-10-15(16(11-21)19(23)24)13-5-3-2-4-6-13/h2-9,15-16H,10-11H2,1H3,(H,23,24). The number of hydrogen-bond donors (Lipinski definition) is 1. The molecule has 5 heteroatoms. The van der Waals surface area contributed by atoms with Crippen molar-refractivity contribution in [1.82, 2.24) is 4.90 Å². The average Bonchev–Trinajstić information content (AvgIpc) is 3.03. The van der Waals surface area contributed by atoms with E-state index in [0.717, 1.165) is 15.6 Å². The van der Waals surface area contributed by atoms with Crippen LogP contribution in [0.25, 0.3) is 0 Å². The number of hydrogen-bond acceptors (Lipinski definition) is 2. The fourth-order valence-corrected chi connectivity index (χ4v) is 3.55. The normalized spacial score (nSPS) is 20.2. The van der Waals surface area contributed by atoms with E-state index in [2.05, 4.69) is 15.9 Å². The van der Waals surface area contributed by atoms with Crippen molar-refractivity contribution in [1.29, 1.82) is 0 Å². The van der Waals surface area contributed by atoms with Crippen molar-refractivity contribution >= 4 is 27.8 Å². The number of aryl methyl sites for hydroxylation is 1. The van der Waals surface area contributed by atoms with E-state index in [0.29, 0.717) is 12.1 Å². The molecule has 1 N–H and O–H groups in total. The highest BCUT2D eigenvalue weighted by Gasteiger charge is 2.40. The minimum Gasteiger partial charge on any atom is -0.481 e. The van der Waals surface area contributed by atoms with Crippen molar-refractivity contribution in [2.75, 3.05) is 13.1 Å². The number of carbonyl (C=O) groups is 2. The van der Waals surface area contributed by atoms with E-state index in [-0.39, 0.29) is 18.4 Å². The first-order valence-corrected chi connectivity index (χ1v) is 8.60. The van der Waals surface area contributed by atoms with Gasteiger partial charge in [0.05, 0.1) is 5.92 Å². The van der Waals surface area contributed by atoms with Gasteiger partial charge in [-0.2, -0.15) is 0 Å². The number of halogens is 1. The summed E-state index contributed by atoms with van der Waals surface area (Å²) in [5.41, 5.74) is 2.59. The van der Waals surface area contributed by atoms with Crippen LogP contribution in [0.2, 0.25) is 0 Å². The van der Waals surface area contributed by atoms with Crippen LogP contribution in [0.3, 0.4) is 0 Å².